The Kier molecular flexibility index (Phi) is 10.0. The Hall–Kier alpha value is -0.0900. The number of ether oxygens (including phenoxy) is 1. The second-order valence-corrected chi connectivity index (χ2v) is 5.13. The fraction of sp³-hybridized carbons (Fsp3) is 0.917. The molecule has 0 saturated heterocycles. The summed E-state index contributed by atoms with van der Waals surface area (Å²) in [5.74, 6) is 0.598. The van der Waals surface area contributed by atoms with Crippen LogP contribution in [0.2, 0.25) is 0 Å². The van der Waals surface area contributed by atoms with E-state index in [1.165, 1.54) is 0 Å². The topological polar surface area (TPSA) is 38.3 Å². The fourth-order valence-corrected chi connectivity index (χ4v) is 2.45. The summed E-state index contributed by atoms with van der Waals surface area (Å²) in [7, 11) is 0. The van der Waals surface area contributed by atoms with Crippen LogP contribution in [0.4, 0.5) is 0 Å². The lowest BCUT2D eigenvalue weighted by molar-refractivity contribution is -0.125. The standard InChI is InChI=1S/C12H24BrNO2/c1-4-7-16-9-12(15)14-8-11(13)10(5-2)6-3/h10-11H,4-9H2,1-3H3,(H,14,15). The molecule has 0 aliphatic heterocycles. The lowest BCUT2D eigenvalue weighted by Crippen LogP contribution is -2.35. The van der Waals surface area contributed by atoms with Gasteiger partial charge in [-0.1, -0.05) is 49.5 Å². The van der Waals surface area contributed by atoms with Gasteiger partial charge in [0.25, 0.3) is 0 Å². The van der Waals surface area contributed by atoms with E-state index in [0.29, 0.717) is 23.9 Å². The van der Waals surface area contributed by atoms with Gasteiger partial charge < -0.3 is 10.1 Å². The number of nitrogens with one attached hydrogen (secondary N) is 1. The van der Waals surface area contributed by atoms with Crippen LogP contribution >= 0.6 is 15.9 Å². The summed E-state index contributed by atoms with van der Waals surface area (Å²) in [5, 5.41) is 2.88. The van der Waals surface area contributed by atoms with E-state index >= 15 is 0 Å². The van der Waals surface area contributed by atoms with Crippen LogP contribution in [0, 0.1) is 5.92 Å². The zero-order valence-electron chi connectivity index (χ0n) is 10.6. The number of halogens is 1. The maximum Gasteiger partial charge on any atom is 0.246 e. The van der Waals surface area contributed by atoms with Crippen molar-refractivity contribution < 1.29 is 9.53 Å². The Balaban J connectivity index is 3.65. The fourth-order valence-electron chi connectivity index (χ4n) is 1.54. The van der Waals surface area contributed by atoms with E-state index in [-0.39, 0.29) is 12.5 Å². The second kappa shape index (κ2) is 10.1. The van der Waals surface area contributed by atoms with Crippen molar-refractivity contribution >= 4 is 21.8 Å². The molecule has 16 heavy (non-hydrogen) atoms. The van der Waals surface area contributed by atoms with Crippen molar-refractivity contribution in [1.82, 2.24) is 5.32 Å². The molecule has 0 saturated carbocycles. The number of amides is 1. The lowest BCUT2D eigenvalue weighted by Gasteiger charge is -2.19. The van der Waals surface area contributed by atoms with Crippen molar-refractivity contribution in [3.63, 3.8) is 0 Å². The van der Waals surface area contributed by atoms with Crippen LogP contribution in [0.3, 0.4) is 0 Å². The molecule has 0 aromatic rings. The number of carbonyl (C=O) groups is 1. The van der Waals surface area contributed by atoms with Gasteiger partial charge in [0.05, 0.1) is 0 Å². The number of carbonyl (C=O) groups excluding carboxylic acids is 1. The Morgan fingerprint density at radius 1 is 1.31 bits per heavy atom. The van der Waals surface area contributed by atoms with Crippen molar-refractivity contribution in [2.75, 3.05) is 19.8 Å². The van der Waals surface area contributed by atoms with E-state index in [4.69, 9.17) is 4.74 Å². The predicted octanol–water partition coefficient (Wildman–Crippen LogP) is 2.73. The molecule has 96 valence electrons. The van der Waals surface area contributed by atoms with E-state index < -0.39 is 0 Å². The number of hydrogen-bond donors (Lipinski definition) is 1. The van der Waals surface area contributed by atoms with Gasteiger partial charge in [0.2, 0.25) is 5.91 Å². The minimum absolute atomic E-state index is 0.0242. The highest BCUT2D eigenvalue weighted by atomic mass is 79.9. The lowest BCUT2D eigenvalue weighted by atomic mass is 9.99. The van der Waals surface area contributed by atoms with Gasteiger partial charge >= 0.3 is 0 Å². The van der Waals surface area contributed by atoms with Gasteiger partial charge in [0, 0.05) is 18.0 Å². The summed E-state index contributed by atoms with van der Waals surface area (Å²) in [6.45, 7) is 7.89. The highest BCUT2D eigenvalue weighted by Crippen LogP contribution is 2.19. The molecule has 0 aliphatic rings. The Bertz CT molecular complexity index is 184. The molecular weight excluding hydrogens is 270 g/mol. The van der Waals surface area contributed by atoms with Gasteiger partial charge in [-0.15, -0.1) is 0 Å². The van der Waals surface area contributed by atoms with Crippen LogP contribution in [0.25, 0.3) is 0 Å². The Labute approximate surface area is 107 Å². The molecule has 1 atom stereocenters. The van der Waals surface area contributed by atoms with Crippen molar-refractivity contribution in [3.05, 3.63) is 0 Å². The monoisotopic (exact) mass is 293 g/mol. The van der Waals surface area contributed by atoms with Crippen molar-refractivity contribution in [2.45, 2.75) is 44.9 Å². The van der Waals surface area contributed by atoms with Crippen LogP contribution in [0.5, 0.6) is 0 Å². The third-order valence-corrected chi connectivity index (χ3v) is 3.71. The van der Waals surface area contributed by atoms with Gasteiger partial charge in [0.1, 0.15) is 6.61 Å². The summed E-state index contributed by atoms with van der Waals surface area (Å²) in [5.41, 5.74) is 0. The molecular formula is C12H24BrNO2. The smallest absolute Gasteiger partial charge is 0.246 e. The molecule has 1 amide bonds. The van der Waals surface area contributed by atoms with Gasteiger partial charge in [-0.3, -0.25) is 4.79 Å². The average molecular weight is 294 g/mol. The third-order valence-electron chi connectivity index (χ3n) is 2.64. The van der Waals surface area contributed by atoms with Crippen LogP contribution in [-0.4, -0.2) is 30.5 Å². The molecule has 0 heterocycles. The minimum Gasteiger partial charge on any atom is -0.372 e. The predicted molar refractivity (Wildman–Crippen MR) is 70.9 cm³/mol. The summed E-state index contributed by atoms with van der Waals surface area (Å²) in [6, 6.07) is 0. The molecule has 0 aliphatic carbocycles. The zero-order chi connectivity index (χ0) is 12.4. The average Bonchev–Trinajstić information content (AvgIpc) is 2.28. The number of rotatable bonds is 9. The molecule has 3 nitrogen and oxygen atoms in total. The van der Waals surface area contributed by atoms with Crippen LogP contribution in [-0.2, 0) is 9.53 Å². The summed E-state index contributed by atoms with van der Waals surface area (Å²) < 4.78 is 5.16. The summed E-state index contributed by atoms with van der Waals surface area (Å²) in [4.78, 5) is 11.7. The molecule has 0 fully saturated rings. The molecule has 1 unspecified atom stereocenters. The van der Waals surface area contributed by atoms with Crippen molar-refractivity contribution in [1.29, 1.82) is 0 Å². The first-order chi connectivity index (χ1) is 7.65. The quantitative estimate of drug-likeness (QED) is 0.524. The maximum absolute atomic E-state index is 11.4. The SMILES string of the molecule is CCCOCC(=O)NCC(Br)C(CC)CC. The summed E-state index contributed by atoms with van der Waals surface area (Å²) in [6.07, 6.45) is 3.21. The molecule has 0 aromatic carbocycles. The van der Waals surface area contributed by atoms with Crippen LogP contribution in [0.15, 0.2) is 0 Å². The first-order valence-electron chi connectivity index (χ1n) is 6.14. The number of alkyl halides is 1. The highest BCUT2D eigenvalue weighted by molar-refractivity contribution is 9.09. The van der Waals surface area contributed by atoms with E-state index in [2.05, 4.69) is 35.1 Å². The van der Waals surface area contributed by atoms with Gasteiger partial charge in [-0.05, 0) is 12.3 Å². The Morgan fingerprint density at radius 3 is 2.44 bits per heavy atom. The zero-order valence-corrected chi connectivity index (χ0v) is 12.2. The second-order valence-electron chi connectivity index (χ2n) is 3.95. The molecule has 1 N–H and O–H groups in total. The van der Waals surface area contributed by atoms with E-state index in [9.17, 15) is 4.79 Å². The molecule has 0 bridgehead atoms. The normalized spacial score (nSPS) is 12.8. The Morgan fingerprint density at radius 2 is 1.94 bits per heavy atom. The third kappa shape index (κ3) is 7.23. The molecule has 4 heteroatoms. The molecule has 0 aromatic heterocycles. The van der Waals surface area contributed by atoms with Gasteiger partial charge in [-0.25, -0.2) is 0 Å². The van der Waals surface area contributed by atoms with E-state index in [1.807, 2.05) is 6.92 Å². The number of hydrogen-bond acceptors (Lipinski definition) is 2. The van der Waals surface area contributed by atoms with Gasteiger partial charge in [-0.2, -0.15) is 0 Å². The van der Waals surface area contributed by atoms with Gasteiger partial charge in [0.15, 0.2) is 0 Å². The largest absolute Gasteiger partial charge is 0.372 e. The molecule has 0 radical (unpaired) electrons. The van der Waals surface area contributed by atoms with E-state index in [0.717, 1.165) is 19.3 Å². The molecule has 0 rings (SSSR count). The molecule has 0 spiro atoms. The van der Waals surface area contributed by atoms with Crippen molar-refractivity contribution in [3.8, 4) is 0 Å². The summed E-state index contributed by atoms with van der Waals surface area (Å²) >= 11 is 3.62. The first-order valence-corrected chi connectivity index (χ1v) is 7.05. The van der Waals surface area contributed by atoms with Crippen LogP contribution in [0.1, 0.15) is 40.0 Å². The van der Waals surface area contributed by atoms with E-state index in [1.54, 1.807) is 0 Å². The first kappa shape index (κ1) is 15.9. The van der Waals surface area contributed by atoms with Crippen molar-refractivity contribution in [2.24, 2.45) is 5.92 Å². The minimum atomic E-state index is -0.0242. The highest BCUT2D eigenvalue weighted by Gasteiger charge is 2.15. The van der Waals surface area contributed by atoms with Crippen LogP contribution < -0.4 is 5.32 Å². The maximum atomic E-state index is 11.4.